The average molecular weight is 258 g/mol. The van der Waals surface area contributed by atoms with E-state index in [1.807, 2.05) is 0 Å². The van der Waals surface area contributed by atoms with Gasteiger partial charge in [0.25, 0.3) is 0 Å². The molecule has 6 heavy (non-hydrogen) atoms. The van der Waals surface area contributed by atoms with Crippen molar-refractivity contribution in [1.29, 1.82) is 0 Å². The summed E-state index contributed by atoms with van der Waals surface area (Å²) in [5.74, 6) is 0. The molecule has 0 heterocycles. The smallest absolute Gasteiger partial charge is 1.00 e. The standard InChI is InChI=1S/4FH.Li.Lu/h4*1H;;/q;;;;+1;+3/p-4. The van der Waals surface area contributed by atoms with Crippen molar-refractivity contribution in [3.05, 3.63) is 0 Å². The summed E-state index contributed by atoms with van der Waals surface area (Å²) < 4.78 is 0. The van der Waals surface area contributed by atoms with E-state index in [4.69, 9.17) is 0 Å². The zero-order valence-corrected chi connectivity index (χ0v) is 4.43. The third kappa shape index (κ3) is 47.8. The molecule has 0 nitrogen and oxygen atoms in total. The first kappa shape index (κ1) is 135. The zero-order chi connectivity index (χ0) is 0. The van der Waals surface area contributed by atoms with Crippen LogP contribution in [0.25, 0.3) is 0 Å². The summed E-state index contributed by atoms with van der Waals surface area (Å²) in [5, 5.41) is 0. The van der Waals surface area contributed by atoms with Crippen LogP contribution >= 0.6 is 0 Å². The topological polar surface area (TPSA) is 0 Å². The monoisotopic (exact) mass is 258 g/mol. The Morgan fingerprint density at radius 2 is 0.500 bits per heavy atom. The molecule has 0 aliphatic heterocycles. The van der Waals surface area contributed by atoms with Crippen LogP contribution in [0.2, 0.25) is 0 Å². The molecule has 0 aromatic carbocycles. The Labute approximate surface area is 73.9 Å². The summed E-state index contributed by atoms with van der Waals surface area (Å²) in [6.45, 7) is 0. The van der Waals surface area contributed by atoms with E-state index in [0.717, 1.165) is 0 Å². The summed E-state index contributed by atoms with van der Waals surface area (Å²) in [7, 11) is 0. The maximum Gasteiger partial charge on any atom is 3.00 e. The van der Waals surface area contributed by atoms with Crippen LogP contribution in [-0.2, 0) is 0 Å². The number of hydrogen-bond acceptors (Lipinski definition) is 0. The van der Waals surface area contributed by atoms with Gasteiger partial charge in [0.15, 0.2) is 0 Å². The Kier molecular flexibility index (Phi) is 1880. The third-order valence-electron chi connectivity index (χ3n) is 0. The van der Waals surface area contributed by atoms with Gasteiger partial charge in [0.2, 0.25) is 0 Å². The van der Waals surface area contributed by atoms with Crippen LogP contribution in [0.3, 0.4) is 0 Å². The van der Waals surface area contributed by atoms with E-state index in [9.17, 15) is 0 Å². The average Bonchev–Trinajstić information content (AvgIpc) is 0. The number of halogens is 4. The van der Waals surface area contributed by atoms with Gasteiger partial charge < -0.3 is 18.8 Å². The van der Waals surface area contributed by atoms with Gasteiger partial charge >= 0.3 is 55.7 Å². The summed E-state index contributed by atoms with van der Waals surface area (Å²) in [6.07, 6.45) is 0. The predicted molar refractivity (Wildman–Crippen MR) is 0 cm³/mol. The Morgan fingerprint density at radius 3 is 0.500 bits per heavy atom. The Bertz CT molecular complexity index is 7.51. The zero-order valence-electron chi connectivity index (χ0n) is 2.77. The SMILES string of the molecule is [F-].[F-].[F-].[F-].[Li+].[Lu+3]. The molecule has 0 rings (SSSR count). The Hall–Kier alpha value is 1.55. The fraction of sp³-hybridized carbons (Fsp3) is 0. The minimum absolute atomic E-state index is 0. The summed E-state index contributed by atoms with van der Waals surface area (Å²) in [4.78, 5) is 0. The van der Waals surface area contributed by atoms with Gasteiger partial charge in [0.1, 0.15) is 0 Å². The molecule has 0 saturated heterocycles. The first-order valence-electron chi connectivity index (χ1n) is 0. The van der Waals surface area contributed by atoms with Crippen molar-refractivity contribution >= 4 is 0 Å². The molecule has 0 amide bonds. The van der Waals surface area contributed by atoms with E-state index in [0.29, 0.717) is 0 Å². The van der Waals surface area contributed by atoms with Crippen molar-refractivity contribution in [2.75, 3.05) is 0 Å². The summed E-state index contributed by atoms with van der Waals surface area (Å²) in [6, 6.07) is 0. The maximum absolute atomic E-state index is 0. The van der Waals surface area contributed by atoms with Crippen LogP contribution in [0.4, 0.5) is 0 Å². The number of rotatable bonds is 0. The molecule has 0 fully saturated rings. The second-order valence-electron chi connectivity index (χ2n) is 0. The predicted octanol–water partition coefficient (Wildman–Crippen LogP) is -15.0. The molecule has 0 atom stereocenters. The minimum atomic E-state index is 0. The van der Waals surface area contributed by atoms with Gasteiger partial charge in [0, 0.05) is 0 Å². The quantitative estimate of drug-likeness (QED) is 0.299. The van der Waals surface area contributed by atoms with Gasteiger partial charge in [-0.3, -0.25) is 0 Å². The van der Waals surface area contributed by atoms with Crippen molar-refractivity contribution in [1.82, 2.24) is 0 Å². The van der Waals surface area contributed by atoms with E-state index in [1.54, 1.807) is 0 Å². The molecule has 0 N–H and O–H groups in total. The van der Waals surface area contributed by atoms with Crippen molar-refractivity contribution in [2.24, 2.45) is 0 Å². The molecule has 0 saturated carbocycles. The molecule has 0 spiro atoms. The maximum atomic E-state index is 0. The molecule has 44 valence electrons. The molecule has 0 aromatic rings. The van der Waals surface area contributed by atoms with Crippen LogP contribution in [0.1, 0.15) is 0 Å². The second kappa shape index (κ2) is 83.9. The van der Waals surface area contributed by atoms with Gasteiger partial charge in [0.05, 0.1) is 0 Å². The Morgan fingerprint density at radius 1 is 0.500 bits per heavy atom. The minimum Gasteiger partial charge on any atom is -1.00 e. The van der Waals surface area contributed by atoms with Gasteiger partial charge in [-0.15, -0.1) is 0 Å². The third-order valence-corrected chi connectivity index (χ3v) is 0. The van der Waals surface area contributed by atoms with E-state index in [2.05, 4.69) is 0 Å². The van der Waals surface area contributed by atoms with Crippen LogP contribution in [0.15, 0.2) is 0 Å². The largest absolute Gasteiger partial charge is 3.00 e. The van der Waals surface area contributed by atoms with Gasteiger partial charge in [-0.2, -0.15) is 0 Å². The molecule has 0 radical (unpaired) electrons. The van der Waals surface area contributed by atoms with Crippen LogP contribution < -0.4 is 37.7 Å². The van der Waals surface area contributed by atoms with E-state index in [1.165, 1.54) is 0 Å². The number of hydrogen-bond donors (Lipinski definition) is 0. The van der Waals surface area contributed by atoms with Crippen LogP contribution in [0.5, 0.6) is 0 Å². The fourth-order valence-corrected chi connectivity index (χ4v) is 0. The van der Waals surface area contributed by atoms with E-state index in [-0.39, 0.29) is 74.6 Å². The van der Waals surface area contributed by atoms with E-state index >= 15 is 0 Å². The molecular formula is F4LiLu. The van der Waals surface area contributed by atoms with Crippen molar-refractivity contribution < 1.29 is 74.6 Å². The van der Waals surface area contributed by atoms with Gasteiger partial charge in [-0.25, -0.2) is 0 Å². The fourth-order valence-electron chi connectivity index (χ4n) is 0. The van der Waals surface area contributed by atoms with Crippen LogP contribution in [-0.4, -0.2) is 0 Å². The summed E-state index contributed by atoms with van der Waals surface area (Å²) in [5.41, 5.74) is 0. The van der Waals surface area contributed by atoms with Crippen molar-refractivity contribution in [3.63, 3.8) is 0 Å². The van der Waals surface area contributed by atoms with Crippen molar-refractivity contribution in [3.8, 4) is 0 Å². The van der Waals surface area contributed by atoms with E-state index < -0.39 is 0 Å². The molecule has 0 aromatic heterocycles. The first-order valence-corrected chi connectivity index (χ1v) is 0. The molecule has 6 heteroatoms. The van der Waals surface area contributed by atoms with Gasteiger partial charge in [-0.1, -0.05) is 0 Å². The first-order chi connectivity index (χ1) is 0. The van der Waals surface area contributed by atoms with Crippen LogP contribution in [0, 0.1) is 36.9 Å². The molecular weight excluding hydrogens is 258 g/mol. The normalized spacial score (nSPS) is 0. The molecule has 0 unspecified atom stereocenters. The summed E-state index contributed by atoms with van der Waals surface area (Å²) >= 11 is 0. The molecule has 0 aliphatic rings. The second-order valence-corrected chi connectivity index (χ2v) is 0. The Balaban J connectivity index is 0. The van der Waals surface area contributed by atoms with Gasteiger partial charge in [-0.05, 0) is 0 Å². The van der Waals surface area contributed by atoms with Crippen molar-refractivity contribution in [2.45, 2.75) is 0 Å². The molecule has 0 aliphatic carbocycles. The molecule has 0 bridgehead atoms.